The van der Waals surface area contributed by atoms with Gasteiger partial charge in [0.2, 0.25) is 0 Å². The summed E-state index contributed by atoms with van der Waals surface area (Å²) < 4.78 is 10.7. The minimum atomic E-state index is -1.09. The van der Waals surface area contributed by atoms with Crippen LogP contribution in [0.5, 0.6) is 0 Å². The van der Waals surface area contributed by atoms with Gasteiger partial charge in [0.05, 0.1) is 44.1 Å². The van der Waals surface area contributed by atoms with Crippen LogP contribution in [0, 0.1) is 5.41 Å². The molecule has 6 heteroatoms. The molecule has 0 saturated heterocycles. The lowest BCUT2D eigenvalue weighted by molar-refractivity contribution is -0.140. The van der Waals surface area contributed by atoms with E-state index in [1.807, 2.05) is 20.8 Å². The molecule has 0 aliphatic heterocycles. The number of hydrogen-bond acceptors (Lipinski definition) is 6. The zero-order valence-corrected chi connectivity index (χ0v) is 11.3. The van der Waals surface area contributed by atoms with E-state index in [1.54, 1.807) is 0 Å². The van der Waals surface area contributed by atoms with Gasteiger partial charge in [-0.2, -0.15) is 0 Å². The van der Waals surface area contributed by atoms with Crippen LogP contribution in [0.4, 0.5) is 0 Å². The molecular formula is C12H24O6. The first-order chi connectivity index (χ1) is 8.32. The van der Waals surface area contributed by atoms with Crippen LogP contribution in [0.3, 0.4) is 0 Å². The molecule has 0 aromatic rings. The molecule has 0 aliphatic rings. The Hall–Kier alpha value is -0.530. The van der Waals surface area contributed by atoms with Crippen molar-refractivity contribution < 1.29 is 29.6 Å². The van der Waals surface area contributed by atoms with Crippen molar-refractivity contribution in [2.75, 3.05) is 33.0 Å². The van der Waals surface area contributed by atoms with Gasteiger partial charge < -0.3 is 29.6 Å². The summed E-state index contributed by atoms with van der Waals surface area (Å²) in [6, 6.07) is 0. The molecule has 1 unspecified atom stereocenters. The molecule has 0 fully saturated rings. The summed E-state index contributed by atoms with van der Waals surface area (Å²) in [6.45, 7) is 4.25. The highest BCUT2D eigenvalue weighted by Gasteiger charge is 2.29. The Morgan fingerprint density at radius 1 is 1.11 bits per heavy atom. The number of rotatable bonds is 9. The van der Waals surface area contributed by atoms with Crippen molar-refractivity contribution >= 4 is 6.29 Å². The van der Waals surface area contributed by atoms with E-state index in [2.05, 4.69) is 0 Å². The molecule has 108 valence electrons. The van der Waals surface area contributed by atoms with Gasteiger partial charge in [0, 0.05) is 0 Å². The van der Waals surface area contributed by atoms with Crippen LogP contribution < -0.4 is 0 Å². The monoisotopic (exact) mass is 264 g/mol. The molecule has 3 N–H and O–H groups in total. The van der Waals surface area contributed by atoms with Crippen LogP contribution in [-0.2, 0) is 14.3 Å². The number of aldehydes is 1. The van der Waals surface area contributed by atoms with Crippen LogP contribution in [0.25, 0.3) is 0 Å². The van der Waals surface area contributed by atoms with Gasteiger partial charge in [-0.15, -0.1) is 0 Å². The minimum absolute atomic E-state index is 0.0164. The van der Waals surface area contributed by atoms with E-state index in [0.29, 0.717) is 6.29 Å². The summed E-state index contributed by atoms with van der Waals surface area (Å²) in [6.07, 6.45) is -0.0668. The number of hydrogen-bond donors (Lipinski definition) is 3. The van der Waals surface area contributed by atoms with E-state index in [4.69, 9.17) is 24.8 Å². The van der Waals surface area contributed by atoms with Gasteiger partial charge in [0.15, 0.2) is 6.29 Å². The van der Waals surface area contributed by atoms with Gasteiger partial charge in [-0.3, -0.25) is 0 Å². The number of carbonyl (C=O) groups is 1. The summed E-state index contributed by atoms with van der Waals surface area (Å²) >= 11 is 0. The summed E-state index contributed by atoms with van der Waals surface area (Å²) in [7, 11) is 0. The Bertz CT molecular complexity index is 223. The van der Waals surface area contributed by atoms with Crippen LogP contribution in [0.2, 0.25) is 0 Å². The summed E-state index contributed by atoms with van der Waals surface area (Å²) in [5.74, 6) is 0. The van der Waals surface area contributed by atoms with Crippen molar-refractivity contribution in [1.82, 2.24) is 0 Å². The van der Waals surface area contributed by atoms with E-state index in [-0.39, 0.29) is 13.2 Å². The summed E-state index contributed by atoms with van der Waals surface area (Å²) in [5.41, 5.74) is -1.55. The highest BCUT2D eigenvalue weighted by molar-refractivity contribution is 5.56. The fourth-order valence-corrected chi connectivity index (χ4v) is 1.23. The second-order valence-corrected chi connectivity index (χ2v) is 5.39. The van der Waals surface area contributed by atoms with Crippen molar-refractivity contribution in [3.8, 4) is 0 Å². The highest BCUT2D eigenvalue weighted by Crippen LogP contribution is 2.16. The van der Waals surface area contributed by atoms with Crippen molar-refractivity contribution in [3.63, 3.8) is 0 Å². The van der Waals surface area contributed by atoms with E-state index in [9.17, 15) is 4.79 Å². The first kappa shape index (κ1) is 17.5. The number of aliphatic hydroxyl groups is 3. The summed E-state index contributed by atoms with van der Waals surface area (Å²) in [4.78, 5) is 10.8. The van der Waals surface area contributed by atoms with Gasteiger partial charge in [-0.05, 0) is 20.8 Å². The van der Waals surface area contributed by atoms with E-state index in [1.165, 1.54) is 0 Å². The topological polar surface area (TPSA) is 96.2 Å². The molecule has 0 heterocycles. The number of aliphatic hydroxyl groups excluding tert-OH is 3. The fourth-order valence-electron chi connectivity index (χ4n) is 1.23. The molecule has 0 saturated carbocycles. The van der Waals surface area contributed by atoms with Crippen LogP contribution in [-0.4, -0.2) is 66.3 Å². The molecule has 0 aromatic heterocycles. The lowest BCUT2D eigenvalue weighted by atomic mass is 9.93. The van der Waals surface area contributed by atoms with Crippen molar-refractivity contribution in [1.29, 1.82) is 0 Å². The molecule has 0 aliphatic carbocycles. The molecule has 0 bridgehead atoms. The molecule has 18 heavy (non-hydrogen) atoms. The minimum Gasteiger partial charge on any atom is -0.396 e. The first-order valence-electron chi connectivity index (χ1n) is 5.86. The fraction of sp³-hybridized carbons (Fsp3) is 0.917. The third-order valence-electron chi connectivity index (χ3n) is 2.35. The molecule has 0 rings (SSSR count). The smallest absolute Gasteiger partial charge is 0.151 e. The Morgan fingerprint density at radius 3 is 1.94 bits per heavy atom. The average molecular weight is 264 g/mol. The maximum Gasteiger partial charge on any atom is 0.151 e. The van der Waals surface area contributed by atoms with Crippen LogP contribution in [0.1, 0.15) is 20.8 Å². The third-order valence-corrected chi connectivity index (χ3v) is 2.35. The average Bonchev–Trinajstić information content (AvgIpc) is 2.32. The largest absolute Gasteiger partial charge is 0.396 e. The zero-order valence-electron chi connectivity index (χ0n) is 11.3. The predicted molar refractivity (Wildman–Crippen MR) is 65.2 cm³/mol. The lowest BCUT2D eigenvalue weighted by Gasteiger charge is -2.28. The zero-order chi connectivity index (χ0) is 14.2. The Labute approximate surface area is 108 Å². The standard InChI is InChI=1S/C12H24O6/c1-11(2,3)18-10(4-13)5-17-9-12(6-14,7-15)8-16/h4,10,14-16H,5-9H2,1-3H3. The van der Waals surface area contributed by atoms with Crippen LogP contribution in [0.15, 0.2) is 0 Å². The third kappa shape index (κ3) is 6.42. The Morgan fingerprint density at radius 2 is 1.61 bits per heavy atom. The SMILES string of the molecule is CC(C)(C)OC(C=O)COCC(CO)(CO)CO. The highest BCUT2D eigenvalue weighted by atomic mass is 16.5. The molecule has 1 atom stereocenters. The molecule has 0 aromatic carbocycles. The van der Waals surface area contributed by atoms with Gasteiger partial charge in [0.25, 0.3) is 0 Å². The van der Waals surface area contributed by atoms with Gasteiger partial charge in [-0.25, -0.2) is 0 Å². The normalized spacial score (nSPS) is 14.6. The van der Waals surface area contributed by atoms with Crippen molar-refractivity contribution in [2.45, 2.75) is 32.5 Å². The van der Waals surface area contributed by atoms with E-state index < -0.39 is 36.9 Å². The van der Waals surface area contributed by atoms with Crippen molar-refractivity contribution in [3.05, 3.63) is 0 Å². The van der Waals surface area contributed by atoms with Crippen molar-refractivity contribution in [2.24, 2.45) is 5.41 Å². The summed E-state index contributed by atoms with van der Waals surface area (Å²) in [5, 5.41) is 27.3. The molecule has 0 radical (unpaired) electrons. The van der Waals surface area contributed by atoms with Crippen LogP contribution >= 0.6 is 0 Å². The predicted octanol–water partition coefficient (Wildman–Crippen LogP) is -0.651. The molecular weight excluding hydrogens is 240 g/mol. The maximum absolute atomic E-state index is 10.8. The second-order valence-electron chi connectivity index (χ2n) is 5.39. The maximum atomic E-state index is 10.8. The van der Waals surface area contributed by atoms with E-state index in [0.717, 1.165) is 0 Å². The molecule has 0 amide bonds. The van der Waals surface area contributed by atoms with Gasteiger partial charge in [0.1, 0.15) is 6.10 Å². The Kier molecular flexibility index (Phi) is 7.58. The second kappa shape index (κ2) is 7.81. The first-order valence-corrected chi connectivity index (χ1v) is 5.86. The van der Waals surface area contributed by atoms with E-state index >= 15 is 0 Å². The Balaban J connectivity index is 4.18. The van der Waals surface area contributed by atoms with Gasteiger partial charge in [-0.1, -0.05) is 0 Å². The lowest BCUT2D eigenvalue weighted by Crippen LogP contribution is -2.40. The number of ether oxygens (including phenoxy) is 2. The molecule has 0 spiro atoms. The number of carbonyl (C=O) groups excluding carboxylic acids is 1. The molecule has 6 nitrogen and oxygen atoms in total. The quantitative estimate of drug-likeness (QED) is 0.479. The van der Waals surface area contributed by atoms with Gasteiger partial charge >= 0.3 is 0 Å².